The molecule has 9 bridgehead atoms. The molecule has 9 aliphatic carbocycles. The molecule has 1 spiro atoms. The third-order valence-corrected chi connectivity index (χ3v) is 25.7. The number of allylic oxidation sites excluding steroid dienone is 2. The Labute approximate surface area is 478 Å². The fraction of sp³-hybridized carbons (Fsp3) is 0.768. The lowest BCUT2D eigenvalue weighted by molar-refractivity contribution is -0.244. The number of ketones is 2. The number of hydrogen-bond donors (Lipinski definition) is 8. The van der Waals surface area contributed by atoms with E-state index in [2.05, 4.69) is 76.4 Å². The lowest BCUT2D eigenvalue weighted by Gasteiger charge is -2.75. The van der Waals surface area contributed by atoms with Gasteiger partial charge in [0.1, 0.15) is 17.6 Å². The molecule has 80 heavy (non-hydrogen) atoms. The van der Waals surface area contributed by atoms with Gasteiger partial charge in [0.2, 0.25) is 0 Å². The van der Waals surface area contributed by atoms with Gasteiger partial charge in [-0.2, -0.15) is 0 Å². The van der Waals surface area contributed by atoms with Crippen LogP contribution in [0.5, 0.6) is 5.75 Å². The molecule has 2 saturated heterocycles. The highest BCUT2D eigenvalue weighted by Gasteiger charge is 2.81. The molecule has 9 N–H and O–H groups in total. The van der Waals surface area contributed by atoms with Gasteiger partial charge >= 0.3 is 0 Å². The number of epoxide rings is 1. The summed E-state index contributed by atoms with van der Waals surface area (Å²) in [6.45, 7) is 17.0. The van der Waals surface area contributed by atoms with Crippen molar-refractivity contribution in [3.63, 3.8) is 0 Å². The molecule has 13 rings (SSSR count). The summed E-state index contributed by atoms with van der Waals surface area (Å²) >= 11 is 0. The summed E-state index contributed by atoms with van der Waals surface area (Å²) in [5.41, 5.74) is 8.69. The number of rotatable bonds is 12. The number of carbonyl (C=O) groups excluding carboxylic acids is 2. The van der Waals surface area contributed by atoms with Gasteiger partial charge in [-0.15, -0.1) is 0 Å². The van der Waals surface area contributed by atoms with Gasteiger partial charge in [0, 0.05) is 54.8 Å². The fourth-order valence-corrected chi connectivity index (χ4v) is 23.0. The van der Waals surface area contributed by atoms with Crippen LogP contribution in [0, 0.1) is 74.9 Å². The van der Waals surface area contributed by atoms with E-state index < -0.39 is 49.9 Å². The molecular weight excluding hydrogens is 999 g/mol. The van der Waals surface area contributed by atoms with Crippen molar-refractivity contribution in [1.29, 1.82) is 0 Å². The normalized spacial score (nSPS) is 45.5. The first kappa shape index (κ1) is 57.3. The van der Waals surface area contributed by atoms with Gasteiger partial charge in [-0.1, -0.05) is 71.6 Å². The SMILES string of the molecule is CNCc1cc(O)cc(C23CCC45CC67C(CO)CCC8CCC(CO)CC8C(CC(O)C8OC8(C)C8CCCC8c8cc(N)cc(CC(C)C)c8)C8=C(CCC6C(C)(C2)C4C(C)(CCCCC(C)(O)CN5)C3=O)C7(C)CC8=O)c1. The maximum atomic E-state index is 16.4. The highest BCUT2D eigenvalue weighted by atomic mass is 16.6. The van der Waals surface area contributed by atoms with Crippen LogP contribution in [0.25, 0.3) is 0 Å². The minimum Gasteiger partial charge on any atom is -0.508 e. The summed E-state index contributed by atoms with van der Waals surface area (Å²) in [7, 11) is 1.92. The Hall–Kier alpha value is -3.16. The number of hydrogen-bond acceptors (Lipinski definition) is 11. The number of nitrogens with one attached hydrogen (secondary N) is 2. The summed E-state index contributed by atoms with van der Waals surface area (Å²) in [5, 5.41) is 67.8. The second kappa shape index (κ2) is 20.2. The number of aromatic hydroxyl groups is 1. The van der Waals surface area contributed by atoms with Crippen molar-refractivity contribution in [2.75, 3.05) is 32.5 Å². The molecule has 19 unspecified atom stereocenters. The van der Waals surface area contributed by atoms with Crippen LogP contribution in [0.1, 0.15) is 205 Å². The second-order valence-electron chi connectivity index (χ2n) is 30.8. The van der Waals surface area contributed by atoms with Crippen LogP contribution in [0.4, 0.5) is 5.69 Å². The number of aliphatic hydroxyl groups excluding tert-OH is 3. The average molecular weight is 1100 g/mol. The van der Waals surface area contributed by atoms with Gasteiger partial charge in [-0.05, 0) is 252 Å². The number of nitrogen functional groups attached to an aromatic ring is 1. The van der Waals surface area contributed by atoms with Gasteiger partial charge < -0.3 is 46.6 Å². The van der Waals surface area contributed by atoms with Crippen LogP contribution in [0.15, 0.2) is 47.5 Å². The van der Waals surface area contributed by atoms with E-state index in [1.54, 1.807) is 0 Å². The largest absolute Gasteiger partial charge is 0.508 e. The molecule has 7 saturated carbocycles. The van der Waals surface area contributed by atoms with Crippen LogP contribution < -0.4 is 16.4 Å². The molecule has 440 valence electrons. The van der Waals surface area contributed by atoms with E-state index in [0.29, 0.717) is 69.7 Å². The Morgan fingerprint density at radius 1 is 0.850 bits per heavy atom. The number of benzene rings is 2. The highest BCUT2D eigenvalue weighted by Crippen LogP contribution is 2.82. The lowest BCUT2D eigenvalue weighted by Crippen LogP contribution is -2.77. The predicted molar refractivity (Wildman–Crippen MR) is 314 cm³/mol. The van der Waals surface area contributed by atoms with E-state index >= 15 is 9.59 Å². The summed E-state index contributed by atoms with van der Waals surface area (Å²) in [5.74, 6) is 1.83. The number of β-amino-alcohol motifs (C(OH)–C–C–N with tert-alkyl or cyclic N) is 1. The zero-order chi connectivity index (χ0) is 56.7. The maximum absolute atomic E-state index is 16.4. The molecule has 0 radical (unpaired) electrons. The predicted octanol–water partition coefficient (Wildman–Crippen LogP) is 10.8. The fourth-order valence-electron chi connectivity index (χ4n) is 23.0. The Morgan fingerprint density at radius 3 is 2.38 bits per heavy atom. The van der Waals surface area contributed by atoms with Crippen molar-refractivity contribution in [3.8, 4) is 5.75 Å². The van der Waals surface area contributed by atoms with Crippen molar-refractivity contribution in [2.45, 2.75) is 230 Å². The molecule has 2 aliphatic heterocycles. The maximum Gasteiger partial charge on any atom is 0.160 e. The number of ether oxygens (including phenoxy) is 1. The number of fused-ring (bicyclic) bond motifs is 2. The van der Waals surface area contributed by atoms with Crippen molar-refractivity contribution >= 4 is 17.3 Å². The molecule has 0 aromatic heterocycles. The minimum atomic E-state index is -0.972. The standard InChI is InChI=1S/C69H101N3O8/c1-40(2)24-42-25-45(30-48(70)27-42)50-12-11-13-53(50)66(7)59(80-66)55(76)32-52-51-29-41(35-73)14-15-44(51)16-17-46(36-74)69-38-68-23-22-67(47-26-43(34-71-8)28-49(75)31-47)37-64(5,57(69)19-18-54-58(52)56(77)33-65(54,69)6)60(68)63(4,61(67)78)21-10-9-20-62(3,79)39-72-68/h25-28,30-31,40-41,44,46,50-53,55,57,59-60,71-76,79H,9-24,29,32-39,70H2,1-8H3. The Balaban J connectivity index is 0.986. The molecule has 19 atom stereocenters. The number of phenols is 1. The number of carbonyl (C=O) groups is 2. The monoisotopic (exact) mass is 1100 g/mol. The number of Topliss-reactive ketones (excluding diaryl/α,β-unsaturated/α-hetero) is 2. The van der Waals surface area contributed by atoms with Crippen LogP contribution in [0.2, 0.25) is 0 Å². The first-order chi connectivity index (χ1) is 37.9. The zero-order valence-electron chi connectivity index (χ0n) is 50.1. The number of nitrogens with two attached hydrogens (primary N) is 1. The molecule has 2 heterocycles. The highest BCUT2D eigenvalue weighted by molar-refractivity contribution is 6.01. The summed E-state index contributed by atoms with van der Waals surface area (Å²) in [4.78, 5) is 32.5. The smallest absolute Gasteiger partial charge is 0.160 e. The van der Waals surface area contributed by atoms with Gasteiger partial charge in [0.05, 0.1) is 22.7 Å². The second-order valence-corrected chi connectivity index (χ2v) is 30.8. The topological polar surface area (TPSA) is 198 Å². The van der Waals surface area contributed by atoms with E-state index in [9.17, 15) is 25.5 Å². The minimum absolute atomic E-state index is 0.00584. The number of aliphatic hydroxyl groups is 4. The lowest BCUT2D eigenvalue weighted by atomic mass is 9.29. The molecule has 2 aromatic rings. The van der Waals surface area contributed by atoms with Crippen molar-refractivity contribution in [1.82, 2.24) is 10.6 Å². The summed E-state index contributed by atoms with van der Waals surface area (Å²) in [6, 6.07) is 12.6. The first-order valence-corrected chi connectivity index (χ1v) is 32.2. The van der Waals surface area contributed by atoms with Crippen LogP contribution in [-0.2, 0) is 32.7 Å². The van der Waals surface area contributed by atoms with Crippen molar-refractivity contribution in [2.24, 2.45) is 74.9 Å². The summed E-state index contributed by atoms with van der Waals surface area (Å²) in [6.07, 6.45) is 15.4. The zero-order valence-corrected chi connectivity index (χ0v) is 50.1. The van der Waals surface area contributed by atoms with Crippen LogP contribution >= 0.6 is 0 Å². The van der Waals surface area contributed by atoms with E-state index in [4.69, 9.17) is 10.5 Å². The molecule has 11 aliphatic rings. The van der Waals surface area contributed by atoms with E-state index in [1.807, 2.05) is 26.1 Å². The van der Waals surface area contributed by atoms with E-state index in [0.717, 1.165) is 112 Å². The van der Waals surface area contributed by atoms with Crippen LogP contribution in [-0.4, -0.2) is 92.9 Å². The Kier molecular flexibility index (Phi) is 14.5. The Bertz CT molecular complexity index is 2780. The molecule has 11 heteroatoms. The third kappa shape index (κ3) is 8.68. The first-order valence-electron chi connectivity index (χ1n) is 32.2. The molecule has 11 nitrogen and oxygen atoms in total. The third-order valence-electron chi connectivity index (χ3n) is 25.7. The molecule has 0 amide bonds. The van der Waals surface area contributed by atoms with Crippen molar-refractivity contribution < 1.29 is 39.9 Å². The van der Waals surface area contributed by atoms with Gasteiger partial charge in [0.25, 0.3) is 0 Å². The van der Waals surface area contributed by atoms with Gasteiger partial charge in [0.15, 0.2) is 5.78 Å². The van der Waals surface area contributed by atoms with Gasteiger partial charge in [-0.3, -0.25) is 9.59 Å². The Morgan fingerprint density at radius 2 is 1.62 bits per heavy atom. The average Bonchev–Trinajstić information content (AvgIpc) is 3.92. The molecule has 9 fully saturated rings. The number of anilines is 1. The van der Waals surface area contributed by atoms with E-state index in [-0.39, 0.29) is 84.1 Å². The number of phenolic OH excluding ortho intramolecular Hbond substituents is 1. The van der Waals surface area contributed by atoms with Crippen LogP contribution in [0.3, 0.4) is 0 Å². The summed E-state index contributed by atoms with van der Waals surface area (Å²) < 4.78 is 6.90. The van der Waals surface area contributed by atoms with Crippen molar-refractivity contribution in [3.05, 3.63) is 69.8 Å². The molecule has 2 aromatic carbocycles. The van der Waals surface area contributed by atoms with E-state index in [1.165, 1.54) is 16.7 Å². The molecular formula is C69H101N3O8. The quantitative estimate of drug-likeness (QED) is 0.0744. The van der Waals surface area contributed by atoms with Gasteiger partial charge in [-0.25, -0.2) is 0 Å².